The molecule has 0 atom stereocenters. The van der Waals surface area contributed by atoms with E-state index in [1.165, 1.54) is 24.3 Å². The predicted octanol–water partition coefficient (Wildman–Crippen LogP) is 4.40. The molecular formula is C25H23N5O2S. The highest BCUT2D eigenvalue weighted by Gasteiger charge is 2.17. The van der Waals surface area contributed by atoms with Gasteiger partial charge in [-0.15, -0.1) is 11.3 Å². The number of aromatic nitrogens is 3. The van der Waals surface area contributed by atoms with Crippen LogP contribution in [0.1, 0.15) is 23.7 Å². The normalized spacial score (nSPS) is 10.9. The first-order chi connectivity index (χ1) is 16.1. The Balaban J connectivity index is 1.38. The third-order valence-corrected chi connectivity index (χ3v) is 5.76. The first-order valence-corrected chi connectivity index (χ1v) is 11.3. The Hall–Kier alpha value is -4.04. The van der Waals surface area contributed by atoms with Gasteiger partial charge in [0.25, 0.3) is 0 Å². The lowest BCUT2D eigenvalue weighted by atomic mass is 10.1. The molecule has 0 fully saturated rings. The molecule has 0 aliphatic carbocycles. The molecule has 166 valence electrons. The van der Waals surface area contributed by atoms with Crippen molar-refractivity contribution in [1.29, 1.82) is 0 Å². The van der Waals surface area contributed by atoms with Crippen LogP contribution in [0.5, 0.6) is 0 Å². The largest absolute Gasteiger partial charge is 0.348 e. The van der Waals surface area contributed by atoms with E-state index in [-0.39, 0.29) is 11.8 Å². The summed E-state index contributed by atoms with van der Waals surface area (Å²) in [6.07, 6.45) is 8.53. The minimum Gasteiger partial charge on any atom is -0.348 e. The van der Waals surface area contributed by atoms with E-state index >= 15 is 0 Å². The Labute approximate surface area is 196 Å². The molecule has 0 saturated heterocycles. The minimum atomic E-state index is -0.214. The lowest BCUT2D eigenvalue weighted by Crippen LogP contribution is -2.22. The van der Waals surface area contributed by atoms with Gasteiger partial charge in [0, 0.05) is 43.9 Å². The number of nitrogens with zero attached hydrogens (tertiary/aromatic N) is 4. The Morgan fingerprint density at radius 1 is 1.09 bits per heavy atom. The zero-order valence-electron chi connectivity index (χ0n) is 18.1. The van der Waals surface area contributed by atoms with Crippen molar-refractivity contribution in [3.05, 3.63) is 102 Å². The molecule has 0 unspecified atom stereocenters. The number of para-hydroxylation sites is 1. The second-order valence-electron chi connectivity index (χ2n) is 7.30. The van der Waals surface area contributed by atoms with Crippen molar-refractivity contribution in [3.8, 4) is 0 Å². The van der Waals surface area contributed by atoms with Crippen molar-refractivity contribution < 1.29 is 9.59 Å². The molecular weight excluding hydrogens is 434 g/mol. The van der Waals surface area contributed by atoms with E-state index in [2.05, 4.69) is 15.3 Å². The van der Waals surface area contributed by atoms with Crippen LogP contribution in [0.25, 0.3) is 6.08 Å². The van der Waals surface area contributed by atoms with Gasteiger partial charge in [-0.05, 0) is 29.3 Å². The Morgan fingerprint density at radius 3 is 2.58 bits per heavy atom. The van der Waals surface area contributed by atoms with Gasteiger partial charge in [0.2, 0.25) is 11.8 Å². The number of carbonyl (C=O) groups excluding carboxylic acids is 2. The Bertz CT molecular complexity index is 1250. The second kappa shape index (κ2) is 10.5. The quantitative estimate of drug-likeness (QED) is 0.398. The van der Waals surface area contributed by atoms with Gasteiger partial charge in [0.1, 0.15) is 0 Å². The smallest absolute Gasteiger partial charge is 0.244 e. The second-order valence-corrected chi connectivity index (χ2v) is 8.14. The molecule has 2 aromatic heterocycles. The van der Waals surface area contributed by atoms with Gasteiger partial charge in [0.15, 0.2) is 5.13 Å². The van der Waals surface area contributed by atoms with Crippen LogP contribution in [0.2, 0.25) is 0 Å². The molecule has 2 heterocycles. The van der Waals surface area contributed by atoms with E-state index in [0.717, 1.165) is 16.8 Å². The van der Waals surface area contributed by atoms with Gasteiger partial charge in [0.05, 0.1) is 17.7 Å². The van der Waals surface area contributed by atoms with Gasteiger partial charge in [-0.25, -0.2) is 9.97 Å². The first kappa shape index (κ1) is 22.2. The minimum absolute atomic E-state index is 0.127. The van der Waals surface area contributed by atoms with E-state index in [0.29, 0.717) is 23.9 Å². The topological polar surface area (TPSA) is 80.1 Å². The molecule has 0 bridgehead atoms. The molecule has 0 aliphatic rings. The van der Waals surface area contributed by atoms with Crippen molar-refractivity contribution >= 4 is 40.0 Å². The number of carbonyl (C=O) groups is 2. The first-order valence-electron chi connectivity index (χ1n) is 10.4. The summed E-state index contributed by atoms with van der Waals surface area (Å²) in [5, 5.41) is 5.30. The highest BCUT2D eigenvalue weighted by Crippen LogP contribution is 2.29. The van der Waals surface area contributed by atoms with Crippen molar-refractivity contribution in [1.82, 2.24) is 19.9 Å². The molecule has 0 spiro atoms. The zero-order chi connectivity index (χ0) is 23.0. The fourth-order valence-corrected chi connectivity index (χ4v) is 4.18. The molecule has 4 aromatic rings. The van der Waals surface area contributed by atoms with Crippen molar-refractivity contribution in [2.75, 3.05) is 4.90 Å². The van der Waals surface area contributed by atoms with Gasteiger partial charge in [-0.2, -0.15) is 0 Å². The lowest BCUT2D eigenvalue weighted by Gasteiger charge is -2.17. The number of benzene rings is 2. The number of anilines is 2. The summed E-state index contributed by atoms with van der Waals surface area (Å²) in [7, 11) is 0. The number of amides is 2. The Kier molecular flexibility index (Phi) is 7.06. The van der Waals surface area contributed by atoms with Crippen LogP contribution in [0, 0.1) is 0 Å². The van der Waals surface area contributed by atoms with E-state index in [9.17, 15) is 9.59 Å². The van der Waals surface area contributed by atoms with Gasteiger partial charge < -0.3 is 9.88 Å². The highest BCUT2D eigenvalue weighted by molar-refractivity contribution is 7.14. The summed E-state index contributed by atoms with van der Waals surface area (Å²) in [5.41, 5.74) is 3.54. The number of hydrogen-bond donors (Lipinski definition) is 1. The maximum Gasteiger partial charge on any atom is 0.244 e. The fraction of sp³-hybridized carbons (Fsp3) is 0.120. The monoisotopic (exact) mass is 457 g/mol. The van der Waals surface area contributed by atoms with Gasteiger partial charge >= 0.3 is 0 Å². The van der Waals surface area contributed by atoms with E-state index in [1.807, 2.05) is 70.7 Å². The van der Waals surface area contributed by atoms with Crippen LogP contribution in [-0.2, 0) is 22.7 Å². The molecule has 0 saturated carbocycles. The highest BCUT2D eigenvalue weighted by atomic mass is 32.1. The SMILES string of the molecule is CC(=O)N(c1ccccc1)c1nc(/C=C/C(=O)NCc2ccccc2Cn2ccnc2)cs1. The van der Waals surface area contributed by atoms with E-state index < -0.39 is 0 Å². The van der Waals surface area contributed by atoms with Crippen LogP contribution in [0.15, 0.2) is 84.8 Å². The summed E-state index contributed by atoms with van der Waals surface area (Å²) in [4.78, 5) is 34.7. The van der Waals surface area contributed by atoms with Crippen molar-refractivity contribution in [3.63, 3.8) is 0 Å². The summed E-state index contributed by atoms with van der Waals surface area (Å²) >= 11 is 1.35. The average Bonchev–Trinajstić information content (AvgIpc) is 3.50. The molecule has 0 radical (unpaired) electrons. The number of rotatable bonds is 8. The third kappa shape index (κ3) is 5.81. The van der Waals surface area contributed by atoms with Crippen molar-refractivity contribution in [2.45, 2.75) is 20.0 Å². The number of imidazole rings is 1. The molecule has 1 N–H and O–H groups in total. The molecule has 33 heavy (non-hydrogen) atoms. The van der Waals surface area contributed by atoms with Gasteiger partial charge in [-0.1, -0.05) is 42.5 Å². The number of nitrogens with one attached hydrogen (secondary N) is 1. The number of thiazole rings is 1. The summed E-state index contributed by atoms with van der Waals surface area (Å²) in [6.45, 7) is 2.61. The van der Waals surface area contributed by atoms with Crippen LogP contribution in [0.4, 0.5) is 10.8 Å². The number of hydrogen-bond acceptors (Lipinski definition) is 5. The van der Waals surface area contributed by atoms with Crippen LogP contribution in [-0.4, -0.2) is 26.3 Å². The van der Waals surface area contributed by atoms with Crippen molar-refractivity contribution in [2.24, 2.45) is 0 Å². The standard InChI is InChI=1S/C25H23N5O2S/c1-19(31)30(23-9-3-2-4-10-23)25-28-22(17-33-25)11-12-24(32)27-15-20-7-5-6-8-21(20)16-29-14-13-26-18-29/h2-14,17-18H,15-16H2,1H3,(H,27,32)/b12-11+. The Morgan fingerprint density at radius 2 is 1.85 bits per heavy atom. The summed E-state index contributed by atoms with van der Waals surface area (Å²) < 4.78 is 1.99. The predicted molar refractivity (Wildman–Crippen MR) is 130 cm³/mol. The average molecular weight is 458 g/mol. The molecule has 8 heteroatoms. The van der Waals surface area contributed by atoms with E-state index in [1.54, 1.807) is 23.5 Å². The summed E-state index contributed by atoms with van der Waals surface area (Å²) in [6, 6.07) is 17.3. The third-order valence-electron chi connectivity index (χ3n) is 4.92. The molecule has 2 amide bonds. The van der Waals surface area contributed by atoms with Gasteiger partial charge in [-0.3, -0.25) is 14.5 Å². The molecule has 4 rings (SSSR count). The molecule has 7 nitrogen and oxygen atoms in total. The lowest BCUT2D eigenvalue weighted by molar-refractivity contribution is -0.117. The van der Waals surface area contributed by atoms with Crippen LogP contribution < -0.4 is 10.2 Å². The fourth-order valence-electron chi connectivity index (χ4n) is 3.32. The maximum atomic E-state index is 12.4. The summed E-state index contributed by atoms with van der Waals surface area (Å²) in [5.74, 6) is -0.341. The molecule has 0 aliphatic heterocycles. The van der Waals surface area contributed by atoms with E-state index in [4.69, 9.17) is 0 Å². The van der Waals surface area contributed by atoms with Crippen LogP contribution >= 0.6 is 11.3 Å². The molecule has 2 aromatic carbocycles. The van der Waals surface area contributed by atoms with Crippen LogP contribution in [0.3, 0.4) is 0 Å². The zero-order valence-corrected chi connectivity index (χ0v) is 18.9. The maximum absolute atomic E-state index is 12.4.